The van der Waals surface area contributed by atoms with Gasteiger partial charge in [0.2, 0.25) is 0 Å². The van der Waals surface area contributed by atoms with Gasteiger partial charge in [0, 0.05) is 87.4 Å². The quantitative estimate of drug-likeness (QED) is 0.0592. The van der Waals surface area contributed by atoms with E-state index < -0.39 is 40.8 Å². The number of carboxylic acids is 1. The minimum absolute atomic E-state index is 0.0123. The van der Waals surface area contributed by atoms with Crippen LogP contribution in [0.4, 0.5) is 46.8 Å². The molecule has 2 saturated heterocycles. The Morgan fingerprint density at radius 3 is 1.47 bits per heavy atom. The fraction of sp³-hybridized carbons (Fsp3) is 0.267. The van der Waals surface area contributed by atoms with Crippen molar-refractivity contribution in [2.75, 3.05) is 37.6 Å². The topological polar surface area (TPSA) is 207 Å². The Hall–Kier alpha value is -8.28. The highest BCUT2D eigenvalue weighted by atomic mass is 32.1. The van der Waals surface area contributed by atoms with Crippen LogP contribution in [0.2, 0.25) is 0 Å². The maximum absolute atomic E-state index is 14.2. The number of nitrogens with one attached hydrogen (secondary N) is 1. The van der Waals surface area contributed by atoms with Crippen LogP contribution in [0.15, 0.2) is 122 Å². The SMILES string of the molecule is CC1(F)CCN(C(=O)c2ccc(-c3cc(C(F)(F)F)c4sc(CCC(=O)/C=C/c5ccc(N)nc5)cc4c3)nc2)C1.CC1(F)CCNC1.Nc1ccc(/C=C/C(=O)CCc2cc3cc(-c4ccc(C(=O)O)cn4)cc(C(F)(F)F)c3s2)cn1. The standard InChI is InChI=1S/C30H26F4N4O2S.C25H18F3N3O3S.C5H10FN/c1-29(31)10-11-38(17-29)28(40)19-4-8-25(36-16-19)20-12-21-13-23(41-27(21)24(14-20)30(32,33)34)7-6-22(39)5-2-18-3-9-26(35)37-15-18;26-25(27,28)20-11-16(21-7-3-15(13-30-21)24(33)34)9-17-10-19(35-23(17)20)6-5-18(32)4-1-14-2-8-22(29)31-12-14;1-5(6)2-3-7-4-5/h2-5,8-9,12-16H,6-7,10-11,17H2,1H3,(H2,35,37);1-4,7-13H,5-6H2,(H2,29,31)(H,33,34);7H,2-4H2,1H3/b5-2+;4-1+;. The van der Waals surface area contributed by atoms with E-state index in [0.717, 1.165) is 47.5 Å². The minimum atomic E-state index is -4.60. The number of carbonyl (C=O) groups excluding carboxylic acids is 3. The Morgan fingerprint density at radius 1 is 0.639 bits per heavy atom. The number of aryl methyl sites for hydroxylation is 2. The summed E-state index contributed by atoms with van der Waals surface area (Å²) in [5, 5.41) is 12.7. The number of nitrogens with zero attached hydrogens (tertiary/aromatic N) is 5. The summed E-state index contributed by atoms with van der Waals surface area (Å²) >= 11 is 2.01. The molecule has 8 aromatic rings. The van der Waals surface area contributed by atoms with Gasteiger partial charge in [-0.1, -0.05) is 0 Å². The van der Waals surface area contributed by atoms with Crippen LogP contribution in [-0.2, 0) is 34.8 Å². The van der Waals surface area contributed by atoms with Gasteiger partial charge in [0.15, 0.2) is 11.6 Å². The van der Waals surface area contributed by atoms with Crippen molar-refractivity contribution in [3.8, 4) is 22.5 Å². The number of aromatic nitrogens is 4. The first-order chi connectivity index (χ1) is 39.2. The zero-order valence-corrected chi connectivity index (χ0v) is 46.2. The molecule has 0 aliphatic carbocycles. The van der Waals surface area contributed by atoms with Gasteiger partial charge in [0.05, 0.1) is 40.2 Å². The molecule has 0 spiro atoms. The molecule has 2 aliphatic heterocycles. The van der Waals surface area contributed by atoms with Gasteiger partial charge in [-0.15, -0.1) is 22.7 Å². The van der Waals surface area contributed by atoms with Crippen molar-refractivity contribution in [2.24, 2.45) is 0 Å². The second-order valence-corrected chi connectivity index (χ2v) is 22.6. The molecule has 2 fully saturated rings. The molecule has 6 N–H and O–H groups in total. The lowest BCUT2D eigenvalue weighted by atomic mass is 10.0. The predicted octanol–water partition coefficient (Wildman–Crippen LogP) is 13.3. The molecule has 2 aromatic carbocycles. The van der Waals surface area contributed by atoms with E-state index in [1.54, 1.807) is 67.6 Å². The van der Waals surface area contributed by atoms with Crippen LogP contribution in [0, 0.1) is 0 Å². The van der Waals surface area contributed by atoms with Gasteiger partial charge in [-0.25, -0.2) is 23.5 Å². The minimum Gasteiger partial charge on any atom is -0.478 e. The van der Waals surface area contributed by atoms with E-state index in [1.165, 1.54) is 66.8 Å². The number of hydrogen-bond donors (Lipinski definition) is 4. The Labute approximate surface area is 478 Å². The first kappa shape index (κ1) is 60.8. The van der Waals surface area contributed by atoms with Gasteiger partial charge in [0.25, 0.3) is 5.91 Å². The molecule has 1 amide bonds. The molecular weight excluding hydrogens is 1130 g/mol. The molecule has 0 radical (unpaired) electrons. The number of ketones is 2. The molecule has 2 unspecified atom stereocenters. The van der Waals surface area contributed by atoms with Crippen LogP contribution in [-0.4, -0.2) is 90.9 Å². The number of allylic oxidation sites excluding steroid dienone is 2. The second kappa shape index (κ2) is 25.5. The summed E-state index contributed by atoms with van der Waals surface area (Å²) in [5.74, 6) is -1.14. The van der Waals surface area contributed by atoms with Crippen LogP contribution >= 0.6 is 22.7 Å². The van der Waals surface area contributed by atoms with Gasteiger partial charge in [-0.05, 0) is 171 Å². The number of likely N-dealkylation sites (tertiary alicyclic amines) is 1. The lowest BCUT2D eigenvalue weighted by molar-refractivity contribution is -0.137. The summed E-state index contributed by atoms with van der Waals surface area (Å²) in [6.45, 7) is 4.73. The summed E-state index contributed by atoms with van der Waals surface area (Å²) in [7, 11) is 0. The van der Waals surface area contributed by atoms with Crippen LogP contribution in [0.3, 0.4) is 0 Å². The molecule has 2 aliphatic rings. The van der Waals surface area contributed by atoms with Crippen LogP contribution in [0.1, 0.15) is 92.3 Å². The molecular formula is C60H54F8N8O5S2. The van der Waals surface area contributed by atoms with Crippen LogP contribution in [0.25, 0.3) is 54.8 Å². The highest BCUT2D eigenvalue weighted by Gasteiger charge is 2.38. The number of hydrogen-bond acceptors (Lipinski definition) is 13. The molecule has 6 aromatic heterocycles. The number of nitrogens with two attached hydrogens (primary N) is 2. The van der Waals surface area contributed by atoms with E-state index in [9.17, 15) is 54.3 Å². The number of rotatable bonds is 14. The number of halogens is 8. The number of amides is 1. The van der Waals surface area contributed by atoms with Gasteiger partial charge >= 0.3 is 18.3 Å². The second-order valence-electron chi connectivity index (χ2n) is 20.3. The van der Waals surface area contributed by atoms with E-state index in [0.29, 0.717) is 75.6 Å². The number of anilines is 2. The Kier molecular flexibility index (Phi) is 18.7. The van der Waals surface area contributed by atoms with Crippen molar-refractivity contribution in [2.45, 2.75) is 76.1 Å². The molecule has 83 heavy (non-hydrogen) atoms. The third-order valence-electron chi connectivity index (χ3n) is 13.4. The number of nitrogen functional groups attached to an aromatic ring is 2. The number of carboxylic acid groups (broad SMARTS) is 1. The van der Waals surface area contributed by atoms with Crippen molar-refractivity contribution in [1.82, 2.24) is 30.2 Å². The molecule has 2 atom stereocenters. The lowest BCUT2D eigenvalue weighted by Gasteiger charge is -2.17. The van der Waals surface area contributed by atoms with Gasteiger partial charge < -0.3 is 26.8 Å². The fourth-order valence-corrected chi connectivity index (χ4v) is 11.2. The van der Waals surface area contributed by atoms with Crippen LogP contribution in [0.5, 0.6) is 0 Å². The average Bonchev–Trinajstić information content (AvgIpc) is 3.08. The monoisotopic (exact) mass is 1180 g/mol. The smallest absolute Gasteiger partial charge is 0.417 e. The number of aromatic carboxylic acids is 1. The fourth-order valence-electron chi connectivity index (χ4n) is 8.89. The zero-order chi connectivity index (χ0) is 59.9. The molecule has 432 valence electrons. The lowest BCUT2D eigenvalue weighted by Crippen LogP contribution is -2.31. The van der Waals surface area contributed by atoms with E-state index in [1.807, 2.05) is 0 Å². The third kappa shape index (κ3) is 16.5. The van der Waals surface area contributed by atoms with Crippen molar-refractivity contribution >= 4 is 90.1 Å². The Balaban J connectivity index is 0.000000196. The highest BCUT2D eigenvalue weighted by molar-refractivity contribution is 7.19. The van der Waals surface area contributed by atoms with Crippen molar-refractivity contribution in [1.29, 1.82) is 0 Å². The predicted molar refractivity (Wildman–Crippen MR) is 306 cm³/mol. The van der Waals surface area contributed by atoms with Gasteiger partial charge in [-0.2, -0.15) is 26.3 Å². The first-order valence-corrected chi connectivity index (χ1v) is 27.5. The van der Waals surface area contributed by atoms with Crippen molar-refractivity contribution < 1.29 is 59.4 Å². The number of thiophene rings is 2. The summed E-state index contributed by atoms with van der Waals surface area (Å²) in [4.78, 5) is 67.2. The van der Waals surface area contributed by atoms with E-state index >= 15 is 0 Å². The maximum Gasteiger partial charge on any atom is 0.417 e. The molecule has 13 nitrogen and oxygen atoms in total. The largest absolute Gasteiger partial charge is 0.478 e. The number of carbonyl (C=O) groups is 4. The number of pyridine rings is 4. The first-order valence-electron chi connectivity index (χ1n) is 25.8. The normalized spacial score (nSPS) is 17.2. The molecule has 0 bridgehead atoms. The van der Waals surface area contributed by atoms with E-state index in [2.05, 4.69) is 25.3 Å². The Morgan fingerprint density at radius 2 is 1.12 bits per heavy atom. The summed E-state index contributed by atoms with van der Waals surface area (Å²) in [6.07, 6.45) is 4.11. The summed E-state index contributed by atoms with van der Waals surface area (Å²) in [5.41, 5.74) is 9.72. The maximum atomic E-state index is 14.2. The van der Waals surface area contributed by atoms with Crippen LogP contribution < -0.4 is 16.8 Å². The van der Waals surface area contributed by atoms with Gasteiger partial charge in [-0.3, -0.25) is 24.4 Å². The van der Waals surface area contributed by atoms with Crippen molar-refractivity contribution in [3.63, 3.8) is 0 Å². The highest BCUT2D eigenvalue weighted by Crippen LogP contribution is 2.43. The zero-order valence-electron chi connectivity index (χ0n) is 44.6. The van der Waals surface area contributed by atoms with E-state index in [4.69, 9.17) is 16.6 Å². The molecule has 8 heterocycles. The number of benzene rings is 2. The molecule has 0 saturated carbocycles. The number of alkyl halides is 8. The van der Waals surface area contributed by atoms with Gasteiger partial charge in [0.1, 0.15) is 23.0 Å². The average molecular weight is 1180 g/mol. The summed E-state index contributed by atoms with van der Waals surface area (Å²) < 4.78 is 111. The number of fused-ring (bicyclic) bond motifs is 2. The molecule has 23 heteroatoms. The summed E-state index contributed by atoms with van der Waals surface area (Å²) in [6, 6.07) is 20.9. The molecule has 10 rings (SSSR count). The third-order valence-corrected chi connectivity index (χ3v) is 15.9. The van der Waals surface area contributed by atoms with E-state index in [-0.39, 0.29) is 86.3 Å². The van der Waals surface area contributed by atoms with Crippen molar-refractivity contribution in [3.05, 3.63) is 165 Å². The Bertz CT molecular complexity index is 3700.